The summed E-state index contributed by atoms with van der Waals surface area (Å²) in [4.78, 5) is 30.9. The first kappa shape index (κ1) is 27.7. The maximum atomic E-state index is 10.6. The number of nitrogens with one attached hydrogen (secondary N) is 1. The Balaban J connectivity index is 0.000000441. The molecule has 31 heavy (non-hydrogen) atoms. The molecular weight excluding hydrogens is 400 g/mol. The molecule has 2 aromatic rings. The molecule has 9 heteroatoms. The monoisotopic (exact) mass is 432 g/mol. The number of aliphatic carboxylic acids is 1. The third kappa shape index (κ3) is 12.8. The minimum absolute atomic E-state index is 0.117. The van der Waals surface area contributed by atoms with Crippen molar-refractivity contribution in [3.8, 4) is 5.75 Å². The van der Waals surface area contributed by atoms with Crippen LogP contribution in [-0.2, 0) is 16.1 Å². The van der Waals surface area contributed by atoms with Crippen LogP contribution in [0.15, 0.2) is 48.5 Å². The number of benzene rings is 2. The van der Waals surface area contributed by atoms with Crippen LogP contribution in [0.5, 0.6) is 5.75 Å². The molecule has 1 atom stereocenters. The second kappa shape index (κ2) is 16.5. The topological polar surface area (TPSA) is 171 Å². The van der Waals surface area contributed by atoms with Crippen LogP contribution in [0, 0.1) is 0 Å². The number of methoxy groups -OCH3 is 1. The van der Waals surface area contributed by atoms with Gasteiger partial charge in [-0.25, -0.2) is 0 Å². The van der Waals surface area contributed by atoms with E-state index < -0.39 is 12.0 Å². The normalized spacial score (nSPS) is 10.4. The number of carbonyl (C=O) groups excluding carboxylic acids is 2. The second-order valence-corrected chi connectivity index (χ2v) is 6.31. The lowest BCUT2D eigenvalue weighted by Gasteiger charge is -2.03. The van der Waals surface area contributed by atoms with E-state index in [9.17, 15) is 14.4 Å². The predicted octanol–water partition coefficient (Wildman–Crippen LogP) is 1.75. The molecule has 170 valence electrons. The Bertz CT molecular complexity index is 774. The summed E-state index contributed by atoms with van der Waals surface area (Å²) >= 11 is 0. The molecule has 8 N–H and O–H groups in total. The van der Waals surface area contributed by atoms with Crippen LogP contribution in [0.1, 0.15) is 35.7 Å². The van der Waals surface area contributed by atoms with Gasteiger partial charge in [0.05, 0.1) is 7.11 Å². The summed E-state index contributed by atoms with van der Waals surface area (Å²) in [5.41, 5.74) is 18.1. The van der Waals surface area contributed by atoms with Gasteiger partial charge in [-0.3, -0.25) is 14.4 Å². The zero-order valence-electron chi connectivity index (χ0n) is 17.9. The van der Waals surface area contributed by atoms with Crippen LogP contribution in [0.3, 0.4) is 0 Å². The van der Waals surface area contributed by atoms with Crippen LogP contribution in [0.4, 0.5) is 5.69 Å². The van der Waals surface area contributed by atoms with Crippen molar-refractivity contribution in [1.29, 1.82) is 0 Å². The fourth-order valence-corrected chi connectivity index (χ4v) is 2.18. The van der Waals surface area contributed by atoms with Gasteiger partial charge in [0.25, 0.3) is 0 Å². The Labute approximate surface area is 182 Å². The van der Waals surface area contributed by atoms with Crippen LogP contribution >= 0.6 is 0 Å². The van der Waals surface area contributed by atoms with Crippen molar-refractivity contribution in [3.63, 3.8) is 0 Å². The highest BCUT2D eigenvalue weighted by Crippen LogP contribution is 2.15. The molecule has 0 aliphatic carbocycles. The molecule has 0 aliphatic heterocycles. The minimum Gasteiger partial charge on any atom is -0.496 e. The zero-order chi connectivity index (χ0) is 23.6. The molecule has 0 radical (unpaired) electrons. The van der Waals surface area contributed by atoms with Gasteiger partial charge in [-0.1, -0.05) is 18.2 Å². The molecular formula is C22H32N4O5. The molecule has 0 saturated carbocycles. The van der Waals surface area contributed by atoms with Gasteiger partial charge >= 0.3 is 5.97 Å². The number of anilines is 1. The Kier molecular flexibility index (Phi) is 14.8. The van der Waals surface area contributed by atoms with Gasteiger partial charge in [-0.15, -0.1) is 0 Å². The van der Waals surface area contributed by atoms with E-state index in [-0.39, 0.29) is 5.91 Å². The Hall–Kier alpha value is -3.27. The number of carbonyl (C=O) groups is 3. The first-order valence-corrected chi connectivity index (χ1v) is 9.62. The van der Waals surface area contributed by atoms with E-state index in [1.54, 1.807) is 31.4 Å². The van der Waals surface area contributed by atoms with E-state index in [2.05, 4.69) is 5.32 Å². The molecule has 1 unspecified atom stereocenters. The summed E-state index contributed by atoms with van der Waals surface area (Å²) in [6, 6.07) is 13.7. The highest BCUT2D eigenvalue weighted by molar-refractivity contribution is 5.89. The average Bonchev–Trinajstić information content (AvgIpc) is 2.78. The van der Waals surface area contributed by atoms with Gasteiger partial charge in [0.1, 0.15) is 18.1 Å². The zero-order valence-corrected chi connectivity index (χ0v) is 17.9. The Morgan fingerprint density at radius 2 is 1.74 bits per heavy atom. The smallest absolute Gasteiger partial charge is 0.320 e. The lowest BCUT2D eigenvalue weighted by atomic mass is 10.2. The van der Waals surface area contributed by atoms with Gasteiger partial charge in [0.2, 0.25) is 5.91 Å². The summed E-state index contributed by atoms with van der Waals surface area (Å²) in [7, 11) is 1.65. The van der Waals surface area contributed by atoms with E-state index in [1.165, 1.54) is 6.92 Å². The van der Waals surface area contributed by atoms with Gasteiger partial charge in [-0.05, 0) is 49.7 Å². The lowest BCUT2D eigenvalue weighted by molar-refractivity contribution is -0.138. The lowest BCUT2D eigenvalue weighted by Crippen LogP contribution is -2.30. The van der Waals surface area contributed by atoms with Gasteiger partial charge in [-0.2, -0.15) is 0 Å². The van der Waals surface area contributed by atoms with Gasteiger partial charge < -0.3 is 32.4 Å². The summed E-state index contributed by atoms with van der Waals surface area (Å²) in [5, 5.41) is 10.8. The number of amides is 1. The summed E-state index contributed by atoms with van der Waals surface area (Å²) in [6.45, 7) is 2.47. The molecule has 0 fully saturated rings. The van der Waals surface area contributed by atoms with Crippen molar-refractivity contribution in [3.05, 3.63) is 59.7 Å². The third-order valence-electron chi connectivity index (χ3n) is 3.82. The first-order chi connectivity index (χ1) is 14.8. The van der Waals surface area contributed by atoms with Crippen molar-refractivity contribution in [2.45, 2.75) is 32.4 Å². The number of rotatable bonds is 8. The molecule has 2 rings (SSSR count). The number of ether oxygens (including phenoxy) is 1. The number of aldehydes is 1. The van der Waals surface area contributed by atoms with Crippen molar-refractivity contribution in [1.82, 2.24) is 0 Å². The van der Waals surface area contributed by atoms with Crippen molar-refractivity contribution in [2.75, 3.05) is 19.0 Å². The number of carboxylic acid groups (broad SMARTS) is 1. The third-order valence-corrected chi connectivity index (χ3v) is 3.82. The molecule has 9 nitrogen and oxygen atoms in total. The number of carboxylic acids is 1. The quantitative estimate of drug-likeness (QED) is 0.393. The van der Waals surface area contributed by atoms with Crippen molar-refractivity contribution >= 4 is 23.9 Å². The second-order valence-electron chi connectivity index (χ2n) is 6.31. The molecule has 0 heterocycles. The summed E-state index contributed by atoms with van der Waals surface area (Å²) < 4.78 is 5.06. The number of hydrogen-bond acceptors (Lipinski definition) is 7. The number of para-hydroxylation sites is 1. The van der Waals surface area contributed by atoms with Crippen LogP contribution in [0.25, 0.3) is 0 Å². The fraction of sp³-hybridized carbons (Fsp3) is 0.318. The molecule has 0 spiro atoms. The van der Waals surface area contributed by atoms with Gasteiger partial charge in [0, 0.05) is 30.3 Å². The average molecular weight is 433 g/mol. The van der Waals surface area contributed by atoms with E-state index in [4.69, 9.17) is 27.0 Å². The minimum atomic E-state index is -0.955. The van der Waals surface area contributed by atoms with E-state index in [0.717, 1.165) is 17.6 Å². The molecule has 0 aromatic heterocycles. The van der Waals surface area contributed by atoms with E-state index >= 15 is 0 Å². The van der Waals surface area contributed by atoms with Crippen LogP contribution in [0.2, 0.25) is 0 Å². The van der Waals surface area contributed by atoms with E-state index in [0.29, 0.717) is 37.2 Å². The van der Waals surface area contributed by atoms with Crippen LogP contribution < -0.4 is 27.3 Å². The fourth-order valence-electron chi connectivity index (χ4n) is 2.18. The summed E-state index contributed by atoms with van der Waals surface area (Å²) in [5.74, 6) is -0.206. The maximum absolute atomic E-state index is 10.6. The number of nitrogens with two attached hydrogens (primary N) is 3. The van der Waals surface area contributed by atoms with E-state index in [1.807, 2.05) is 24.3 Å². The molecule has 2 aromatic carbocycles. The highest BCUT2D eigenvalue weighted by atomic mass is 16.5. The SMILES string of the molecule is CC(=O)Nc1ccc(C=O)cc1.COc1ccccc1CN.NCCCC(N)C(=O)O. The van der Waals surface area contributed by atoms with Crippen LogP contribution in [-0.4, -0.2) is 43.0 Å². The maximum Gasteiger partial charge on any atom is 0.320 e. The number of hydrogen-bond donors (Lipinski definition) is 5. The Morgan fingerprint density at radius 1 is 1.13 bits per heavy atom. The van der Waals surface area contributed by atoms with Crippen molar-refractivity contribution in [2.24, 2.45) is 17.2 Å². The standard InChI is InChI=1S/C9H9NO2.C8H11NO.C5H12N2O2/c1-7(12)10-9-4-2-8(6-11)3-5-9;1-10-8-5-3-2-4-7(8)6-9;6-3-1-2-4(7)5(8)9/h2-6H,1H3,(H,10,12);2-5H,6,9H2,1H3;4H,1-3,6-7H2,(H,8,9). The highest BCUT2D eigenvalue weighted by Gasteiger charge is 2.08. The van der Waals surface area contributed by atoms with Crippen molar-refractivity contribution < 1.29 is 24.2 Å². The molecule has 0 saturated heterocycles. The Morgan fingerprint density at radius 3 is 2.16 bits per heavy atom. The predicted molar refractivity (Wildman–Crippen MR) is 121 cm³/mol. The first-order valence-electron chi connectivity index (χ1n) is 9.62. The van der Waals surface area contributed by atoms with Gasteiger partial charge in [0.15, 0.2) is 0 Å². The molecule has 0 bridgehead atoms. The molecule has 1 amide bonds. The molecule has 0 aliphatic rings. The largest absolute Gasteiger partial charge is 0.496 e. The summed E-state index contributed by atoms with van der Waals surface area (Å²) in [6.07, 6.45) is 1.90.